The zero-order chi connectivity index (χ0) is 19.2. The van der Waals surface area contributed by atoms with Gasteiger partial charge in [0.1, 0.15) is 27.7 Å². The van der Waals surface area contributed by atoms with E-state index in [9.17, 15) is 0 Å². The molecule has 0 unspecified atom stereocenters. The Morgan fingerprint density at radius 2 is 2.00 bits per heavy atom. The van der Waals surface area contributed by atoms with Crippen LogP contribution in [0, 0.1) is 0 Å². The van der Waals surface area contributed by atoms with E-state index in [1.165, 1.54) is 0 Å². The predicted molar refractivity (Wildman–Crippen MR) is 114 cm³/mol. The van der Waals surface area contributed by atoms with Gasteiger partial charge in [-0.15, -0.1) is 32.9 Å². The van der Waals surface area contributed by atoms with Crippen LogP contribution in [-0.2, 0) is 0 Å². The van der Waals surface area contributed by atoms with Crippen LogP contribution in [0.1, 0.15) is 10.6 Å². The highest BCUT2D eigenvalue weighted by Crippen LogP contribution is 2.40. The molecular weight excluding hydrogens is 406 g/mol. The fraction of sp³-hybridized carbons (Fsp3) is 0. The average Bonchev–Trinajstić information content (AvgIpc) is 3.55. The summed E-state index contributed by atoms with van der Waals surface area (Å²) in [5, 5.41) is 19.9. The highest BCUT2D eigenvalue weighted by Gasteiger charge is 2.36. The summed E-state index contributed by atoms with van der Waals surface area (Å²) >= 11 is 3.25. The summed E-state index contributed by atoms with van der Waals surface area (Å²) in [6.45, 7) is 0. The first-order chi connectivity index (χ1) is 14.4. The van der Waals surface area contributed by atoms with Crippen molar-refractivity contribution in [2.75, 3.05) is 10.1 Å². The number of rotatable bonds is 4. The summed E-state index contributed by atoms with van der Waals surface area (Å²) in [6.07, 6.45) is 3.51. The zero-order valence-electron chi connectivity index (χ0n) is 14.8. The fourth-order valence-corrected chi connectivity index (χ4v) is 4.74. The first kappa shape index (κ1) is 16.3. The smallest absolute Gasteiger partial charge is 0.230 e. The van der Waals surface area contributed by atoms with Crippen molar-refractivity contribution in [3.05, 3.63) is 70.1 Å². The van der Waals surface area contributed by atoms with E-state index in [0.717, 1.165) is 32.4 Å². The molecule has 0 spiro atoms. The Hall–Kier alpha value is -3.70. The molecule has 11 heteroatoms. The van der Waals surface area contributed by atoms with Crippen LogP contribution in [0.25, 0.3) is 21.7 Å². The second-order valence-electron chi connectivity index (χ2n) is 6.20. The Morgan fingerprint density at radius 3 is 2.76 bits per heavy atom. The van der Waals surface area contributed by atoms with E-state index in [4.69, 9.17) is 4.98 Å². The van der Waals surface area contributed by atoms with Gasteiger partial charge >= 0.3 is 0 Å². The van der Waals surface area contributed by atoms with Crippen LogP contribution in [0.3, 0.4) is 0 Å². The van der Waals surface area contributed by atoms with Crippen LogP contribution in [0.5, 0.6) is 0 Å². The molecule has 1 aliphatic rings. The number of aromatic amines is 2. The van der Waals surface area contributed by atoms with E-state index < -0.39 is 0 Å². The predicted octanol–water partition coefficient (Wildman–Crippen LogP) is 3.47. The largest absolute Gasteiger partial charge is 0.345 e. The van der Waals surface area contributed by atoms with E-state index >= 15 is 0 Å². The Bertz CT molecular complexity index is 1260. The Labute approximate surface area is 172 Å². The summed E-state index contributed by atoms with van der Waals surface area (Å²) in [6, 6.07) is 11.9. The molecule has 0 aromatic carbocycles. The van der Waals surface area contributed by atoms with Crippen LogP contribution in [-0.4, -0.2) is 30.4 Å². The molecule has 0 radical (unpaired) electrons. The molecule has 0 saturated carbocycles. The van der Waals surface area contributed by atoms with E-state index in [-0.39, 0.29) is 0 Å². The number of aromatic nitrogens is 6. The molecular formula is C18H13N9S2. The van der Waals surface area contributed by atoms with Gasteiger partial charge in [-0.25, -0.2) is 4.98 Å². The molecule has 0 atom stereocenters. The molecule has 5 aromatic heterocycles. The molecule has 29 heavy (non-hydrogen) atoms. The average molecular weight is 419 g/mol. The summed E-state index contributed by atoms with van der Waals surface area (Å²) in [4.78, 5) is 13.5. The van der Waals surface area contributed by atoms with Crippen LogP contribution >= 0.6 is 22.7 Å². The molecule has 0 amide bonds. The Balaban J connectivity index is 1.60. The molecule has 6 rings (SSSR count). The standard InChI is InChI=1S/C18H13N9S2/c1-4-14(19-7-1)27-24-15(11-5-8-20-25-23-11)16(13-3-2-9-28-13)26(27)18-21-12-6-10-29-17(12)22-18/h1-10,19,24H,(H,21,22). The van der Waals surface area contributed by atoms with Crippen LogP contribution in [0.15, 0.2) is 59.6 Å². The SMILES string of the molecule is c1c[nH]c(N2NC(c3ccnnn3)=C(c3cccs3)N2c2nc3sccc3[nH]2)c1. The lowest BCUT2D eigenvalue weighted by atomic mass is 10.2. The van der Waals surface area contributed by atoms with Crippen molar-refractivity contribution in [3.63, 3.8) is 0 Å². The molecule has 142 valence electrons. The first-order valence-electron chi connectivity index (χ1n) is 8.75. The van der Waals surface area contributed by atoms with Crippen LogP contribution in [0.4, 0.5) is 11.8 Å². The van der Waals surface area contributed by atoms with Crippen molar-refractivity contribution >= 4 is 56.2 Å². The zero-order valence-corrected chi connectivity index (χ0v) is 16.4. The highest BCUT2D eigenvalue weighted by molar-refractivity contribution is 7.16. The lowest BCUT2D eigenvalue weighted by Crippen LogP contribution is -2.44. The molecule has 1 aliphatic heterocycles. The third-order valence-corrected chi connectivity index (χ3v) is 6.17. The molecule has 0 aliphatic carbocycles. The van der Waals surface area contributed by atoms with Crippen molar-refractivity contribution in [1.82, 2.24) is 35.8 Å². The van der Waals surface area contributed by atoms with Gasteiger partial charge in [0.2, 0.25) is 5.95 Å². The minimum Gasteiger partial charge on any atom is -0.345 e. The summed E-state index contributed by atoms with van der Waals surface area (Å²) < 4.78 is 0. The number of H-pyrrole nitrogens is 2. The molecule has 9 nitrogen and oxygen atoms in total. The van der Waals surface area contributed by atoms with Gasteiger partial charge in [0.15, 0.2) is 0 Å². The van der Waals surface area contributed by atoms with Gasteiger partial charge in [-0.05, 0) is 46.3 Å². The maximum atomic E-state index is 4.82. The summed E-state index contributed by atoms with van der Waals surface area (Å²) in [5.41, 5.74) is 6.89. The van der Waals surface area contributed by atoms with Gasteiger partial charge in [-0.1, -0.05) is 6.07 Å². The van der Waals surface area contributed by atoms with Crippen molar-refractivity contribution in [2.45, 2.75) is 0 Å². The van der Waals surface area contributed by atoms with Crippen molar-refractivity contribution in [1.29, 1.82) is 0 Å². The number of anilines is 2. The van der Waals surface area contributed by atoms with Crippen LogP contribution in [0.2, 0.25) is 0 Å². The Morgan fingerprint density at radius 1 is 1.00 bits per heavy atom. The highest BCUT2D eigenvalue weighted by atomic mass is 32.1. The van der Waals surface area contributed by atoms with Crippen molar-refractivity contribution in [3.8, 4) is 0 Å². The van der Waals surface area contributed by atoms with Gasteiger partial charge in [-0.3, -0.25) is 5.43 Å². The monoisotopic (exact) mass is 419 g/mol. The molecule has 0 fully saturated rings. The lowest BCUT2D eigenvalue weighted by Gasteiger charge is -2.29. The Kier molecular flexibility index (Phi) is 3.61. The number of hydrogen-bond acceptors (Lipinski definition) is 9. The normalized spacial score (nSPS) is 14.2. The van der Waals surface area contributed by atoms with Gasteiger partial charge < -0.3 is 9.97 Å². The minimum absolute atomic E-state index is 0.691. The van der Waals surface area contributed by atoms with Gasteiger partial charge in [0.05, 0.1) is 16.6 Å². The third kappa shape index (κ3) is 2.59. The number of thiophene rings is 2. The van der Waals surface area contributed by atoms with Crippen molar-refractivity contribution < 1.29 is 0 Å². The molecule has 6 heterocycles. The molecule has 5 aromatic rings. The van der Waals surface area contributed by atoms with Gasteiger partial charge in [0, 0.05) is 6.20 Å². The number of imidazole rings is 1. The van der Waals surface area contributed by atoms with Crippen molar-refractivity contribution in [2.24, 2.45) is 0 Å². The number of hydrogen-bond donors (Lipinski definition) is 3. The number of nitrogens with zero attached hydrogens (tertiary/aromatic N) is 6. The fourth-order valence-electron chi connectivity index (χ4n) is 3.26. The van der Waals surface area contributed by atoms with Gasteiger partial charge in [-0.2, -0.15) is 10.1 Å². The summed E-state index contributed by atoms with van der Waals surface area (Å²) in [7, 11) is 0. The number of fused-ring (bicyclic) bond motifs is 1. The second kappa shape index (κ2) is 6.43. The van der Waals surface area contributed by atoms with E-state index in [0.29, 0.717) is 11.6 Å². The first-order valence-corrected chi connectivity index (χ1v) is 10.5. The van der Waals surface area contributed by atoms with E-state index in [1.54, 1.807) is 28.9 Å². The number of nitrogens with one attached hydrogen (secondary N) is 3. The topological polar surface area (TPSA) is 102 Å². The maximum Gasteiger partial charge on any atom is 0.230 e. The minimum atomic E-state index is 0.691. The molecule has 0 bridgehead atoms. The quantitative estimate of drug-likeness (QED) is 0.410. The maximum absolute atomic E-state index is 4.82. The van der Waals surface area contributed by atoms with E-state index in [2.05, 4.69) is 36.9 Å². The number of hydrazine groups is 2. The second-order valence-corrected chi connectivity index (χ2v) is 8.04. The van der Waals surface area contributed by atoms with Crippen LogP contribution < -0.4 is 15.6 Å². The van der Waals surface area contributed by atoms with E-state index in [1.807, 2.05) is 57.4 Å². The summed E-state index contributed by atoms with van der Waals surface area (Å²) in [5.74, 6) is 1.56. The van der Waals surface area contributed by atoms with Gasteiger partial charge in [0.25, 0.3) is 0 Å². The lowest BCUT2D eigenvalue weighted by molar-refractivity contribution is 0.769. The third-order valence-electron chi connectivity index (χ3n) is 4.49. The molecule has 3 N–H and O–H groups in total. The molecule has 0 saturated heterocycles.